The number of hydrogen-bond acceptors (Lipinski definition) is 4. The van der Waals surface area contributed by atoms with Crippen molar-refractivity contribution in [3.8, 4) is 0 Å². The molecule has 25 heavy (non-hydrogen) atoms. The highest BCUT2D eigenvalue weighted by atomic mass is 32.1. The molecule has 0 bridgehead atoms. The number of para-hydroxylation sites is 2. The number of carbonyl (C=O) groups is 1. The van der Waals surface area contributed by atoms with Crippen LogP contribution in [0.1, 0.15) is 10.6 Å². The van der Waals surface area contributed by atoms with Crippen molar-refractivity contribution in [2.45, 2.75) is 6.54 Å². The molecule has 126 valence electrons. The van der Waals surface area contributed by atoms with Crippen LogP contribution in [0.5, 0.6) is 0 Å². The molecule has 0 radical (unpaired) electrons. The maximum absolute atomic E-state index is 12.6. The normalized spacial score (nSPS) is 12.3. The molecule has 0 aliphatic rings. The lowest BCUT2D eigenvalue weighted by Gasteiger charge is -2.03. The lowest BCUT2D eigenvalue weighted by atomic mass is 10.2. The van der Waals surface area contributed by atoms with Gasteiger partial charge in [0, 0.05) is 19.0 Å². The fourth-order valence-electron chi connectivity index (χ4n) is 2.73. The molecule has 0 aliphatic carbocycles. The molecule has 5 nitrogen and oxygen atoms in total. The Morgan fingerprint density at radius 3 is 2.84 bits per heavy atom. The maximum atomic E-state index is 12.6. The molecular weight excluding hydrogens is 336 g/mol. The second-order valence-corrected chi connectivity index (χ2v) is 6.57. The molecule has 0 aliphatic heterocycles. The fourth-order valence-corrected chi connectivity index (χ4v) is 3.79. The number of methoxy groups -OCH3 is 1. The highest BCUT2D eigenvalue weighted by Crippen LogP contribution is 2.20. The molecule has 0 saturated heterocycles. The van der Waals surface area contributed by atoms with Crippen LogP contribution in [0.15, 0.2) is 64.0 Å². The monoisotopic (exact) mass is 352 g/mol. The highest BCUT2D eigenvalue weighted by molar-refractivity contribution is 7.16. The van der Waals surface area contributed by atoms with Crippen molar-refractivity contribution in [1.82, 2.24) is 4.57 Å². The minimum Gasteiger partial charge on any atom is -0.451 e. The van der Waals surface area contributed by atoms with Gasteiger partial charge in [0.1, 0.15) is 5.58 Å². The zero-order valence-corrected chi connectivity index (χ0v) is 14.5. The second kappa shape index (κ2) is 6.66. The molecule has 0 atom stereocenters. The largest absolute Gasteiger partial charge is 0.451 e. The number of amides is 1. The molecule has 2 aromatic heterocycles. The van der Waals surface area contributed by atoms with E-state index in [1.54, 1.807) is 13.2 Å². The van der Waals surface area contributed by atoms with Crippen molar-refractivity contribution < 1.29 is 13.9 Å². The van der Waals surface area contributed by atoms with Crippen molar-refractivity contribution in [3.63, 3.8) is 0 Å². The Bertz CT molecular complexity index is 1090. The van der Waals surface area contributed by atoms with Crippen LogP contribution in [0.4, 0.5) is 0 Å². The van der Waals surface area contributed by atoms with Crippen LogP contribution in [0.25, 0.3) is 21.2 Å². The Morgan fingerprint density at radius 2 is 2.00 bits per heavy atom. The van der Waals surface area contributed by atoms with E-state index in [9.17, 15) is 4.79 Å². The third-order valence-corrected chi connectivity index (χ3v) is 5.00. The Morgan fingerprint density at radius 1 is 1.20 bits per heavy atom. The molecule has 1 amide bonds. The molecule has 0 saturated carbocycles. The summed E-state index contributed by atoms with van der Waals surface area (Å²) in [5, 5.41) is 0.893. The van der Waals surface area contributed by atoms with Gasteiger partial charge >= 0.3 is 5.91 Å². The number of ether oxygens (including phenoxy) is 1. The first-order valence-corrected chi connectivity index (χ1v) is 8.73. The average Bonchev–Trinajstić information content (AvgIpc) is 3.21. The van der Waals surface area contributed by atoms with Gasteiger partial charge in [-0.05, 0) is 24.3 Å². The van der Waals surface area contributed by atoms with E-state index in [0.29, 0.717) is 23.5 Å². The third kappa shape index (κ3) is 3.01. The predicted octanol–water partition coefficient (Wildman–Crippen LogP) is 3.84. The molecular formula is C19H16N2O3S. The van der Waals surface area contributed by atoms with Gasteiger partial charge in [-0.1, -0.05) is 41.7 Å². The summed E-state index contributed by atoms with van der Waals surface area (Å²) in [6.07, 6.45) is 0. The first-order chi connectivity index (χ1) is 12.3. The first-order valence-electron chi connectivity index (χ1n) is 7.91. The molecule has 2 aromatic carbocycles. The highest BCUT2D eigenvalue weighted by Gasteiger charge is 2.13. The molecule has 0 spiro atoms. The number of fused-ring (bicyclic) bond motifs is 2. The van der Waals surface area contributed by atoms with Crippen molar-refractivity contribution in [2.24, 2.45) is 4.99 Å². The smallest absolute Gasteiger partial charge is 0.315 e. The number of hydrogen-bond donors (Lipinski definition) is 0. The van der Waals surface area contributed by atoms with Gasteiger partial charge in [-0.15, -0.1) is 0 Å². The summed E-state index contributed by atoms with van der Waals surface area (Å²) in [6, 6.07) is 17.3. The van der Waals surface area contributed by atoms with Crippen LogP contribution in [0.3, 0.4) is 0 Å². The van der Waals surface area contributed by atoms with E-state index in [4.69, 9.17) is 9.15 Å². The number of nitrogens with zero attached hydrogens (tertiary/aromatic N) is 2. The lowest BCUT2D eigenvalue weighted by Crippen LogP contribution is -2.19. The number of aromatic nitrogens is 1. The summed E-state index contributed by atoms with van der Waals surface area (Å²) < 4.78 is 13.9. The van der Waals surface area contributed by atoms with Crippen LogP contribution >= 0.6 is 11.3 Å². The number of benzene rings is 2. The maximum Gasteiger partial charge on any atom is 0.315 e. The molecule has 2 heterocycles. The summed E-state index contributed by atoms with van der Waals surface area (Å²) in [4.78, 5) is 17.5. The van der Waals surface area contributed by atoms with Gasteiger partial charge in [-0.3, -0.25) is 4.79 Å². The van der Waals surface area contributed by atoms with E-state index in [1.165, 1.54) is 11.3 Å². The van der Waals surface area contributed by atoms with Gasteiger partial charge < -0.3 is 13.7 Å². The topological polar surface area (TPSA) is 56.7 Å². The Kier molecular flexibility index (Phi) is 4.21. The van der Waals surface area contributed by atoms with E-state index in [2.05, 4.69) is 4.99 Å². The summed E-state index contributed by atoms with van der Waals surface area (Å²) in [6.45, 7) is 1.18. The number of rotatable bonds is 4. The summed E-state index contributed by atoms with van der Waals surface area (Å²) in [5.41, 5.74) is 1.73. The summed E-state index contributed by atoms with van der Waals surface area (Å²) in [5.74, 6) is -0.133. The quantitative estimate of drug-likeness (QED) is 0.561. The fraction of sp³-hybridized carbons (Fsp3) is 0.158. The lowest BCUT2D eigenvalue weighted by molar-refractivity contribution is 0.0973. The number of furan rings is 1. The van der Waals surface area contributed by atoms with Gasteiger partial charge in [-0.2, -0.15) is 4.99 Å². The molecule has 6 heteroatoms. The average molecular weight is 352 g/mol. The van der Waals surface area contributed by atoms with E-state index < -0.39 is 0 Å². The second-order valence-electron chi connectivity index (χ2n) is 5.56. The van der Waals surface area contributed by atoms with Crippen LogP contribution in [0, 0.1) is 0 Å². The molecule has 0 fully saturated rings. The van der Waals surface area contributed by atoms with Gasteiger partial charge in [0.25, 0.3) is 0 Å². The molecule has 4 rings (SSSR count). The van der Waals surface area contributed by atoms with Crippen LogP contribution in [-0.2, 0) is 11.3 Å². The summed E-state index contributed by atoms with van der Waals surface area (Å²) in [7, 11) is 1.66. The van der Waals surface area contributed by atoms with Crippen LogP contribution in [-0.4, -0.2) is 24.2 Å². The van der Waals surface area contributed by atoms with E-state index in [1.807, 2.05) is 53.1 Å². The van der Waals surface area contributed by atoms with Gasteiger partial charge in [0.15, 0.2) is 10.6 Å². The van der Waals surface area contributed by atoms with E-state index in [-0.39, 0.29) is 11.7 Å². The first kappa shape index (κ1) is 15.8. The van der Waals surface area contributed by atoms with E-state index >= 15 is 0 Å². The number of carbonyl (C=O) groups excluding carboxylic acids is 1. The molecule has 0 unspecified atom stereocenters. The van der Waals surface area contributed by atoms with Crippen molar-refractivity contribution in [3.05, 3.63) is 65.2 Å². The predicted molar refractivity (Wildman–Crippen MR) is 97.8 cm³/mol. The molecule has 0 N–H and O–H groups in total. The minimum atomic E-state index is -0.381. The van der Waals surface area contributed by atoms with Gasteiger partial charge in [0.05, 0.1) is 16.8 Å². The zero-order chi connectivity index (χ0) is 17.2. The van der Waals surface area contributed by atoms with Crippen molar-refractivity contribution >= 4 is 38.4 Å². The summed E-state index contributed by atoms with van der Waals surface area (Å²) >= 11 is 1.48. The van der Waals surface area contributed by atoms with E-state index in [0.717, 1.165) is 15.6 Å². The van der Waals surface area contributed by atoms with Crippen molar-refractivity contribution in [1.29, 1.82) is 0 Å². The van der Waals surface area contributed by atoms with Crippen LogP contribution in [0.2, 0.25) is 0 Å². The Labute approximate surface area is 147 Å². The zero-order valence-electron chi connectivity index (χ0n) is 13.6. The standard InChI is InChI=1S/C19H16N2O3S/c1-23-11-10-21-14-7-3-5-9-17(14)25-19(21)20-18(22)16-12-13-6-2-4-8-15(13)24-16/h2-9,12H,10-11H2,1H3. The van der Waals surface area contributed by atoms with Crippen molar-refractivity contribution in [2.75, 3.05) is 13.7 Å². The molecule has 4 aromatic rings. The Hall–Kier alpha value is -2.70. The number of thiazole rings is 1. The Balaban J connectivity index is 1.80. The van der Waals surface area contributed by atoms with Gasteiger partial charge in [-0.25, -0.2) is 0 Å². The van der Waals surface area contributed by atoms with Crippen LogP contribution < -0.4 is 4.80 Å². The van der Waals surface area contributed by atoms with Gasteiger partial charge in [0.2, 0.25) is 0 Å². The SMILES string of the molecule is COCCn1c(=NC(=O)c2cc3ccccc3o2)sc2ccccc21. The minimum absolute atomic E-state index is 0.247. The third-order valence-electron chi connectivity index (χ3n) is 3.94.